The second kappa shape index (κ2) is 3.86. The third-order valence-corrected chi connectivity index (χ3v) is 3.05. The van der Waals surface area contributed by atoms with Gasteiger partial charge in [-0.25, -0.2) is 0 Å². The smallest absolute Gasteiger partial charge is 0.273 e. The Morgan fingerprint density at radius 2 is 2.07 bits per heavy atom. The van der Waals surface area contributed by atoms with Crippen LogP contribution in [0.4, 0.5) is 0 Å². The lowest BCUT2D eigenvalue weighted by Crippen LogP contribution is -2.57. The summed E-state index contributed by atoms with van der Waals surface area (Å²) in [6.07, 6.45) is 0. The summed E-state index contributed by atoms with van der Waals surface area (Å²) in [6, 6.07) is 0. The second-order valence-corrected chi connectivity index (χ2v) is 5.04. The summed E-state index contributed by atoms with van der Waals surface area (Å²) in [5.41, 5.74) is -1.46. The SMILES string of the molecule is CC(C)(O)C(C)(C)NC(=O)c1csnn1. The van der Waals surface area contributed by atoms with Gasteiger partial charge in [0.1, 0.15) is 0 Å². The molecule has 15 heavy (non-hydrogen) atoms. The normalized spacial score (nSPS) is 12.6. The zero-order valence-electron chi connectivity index (χ0n) is 9.24. The van der Waals surface area contributed by atoms with Gasteiger partial charge in [-0.2, -0.15) is 0 Å². The Balaban J connectivity index is 2.75. The molecular weight excluding hydrogens is 214 g/mol. The van der Waals surface area contributed by atoms with E-state index in [1.54, 1.807) is 33.1 Å². The van der Waals surface area contributed by atoms with Gasteiger partial charge in [0, 0.05) is 5.38 Å². The Hall–Kier alpha value is -1.01. The second-order valence-electron chi connectivity index (χ2n) is 4.43. The molecule has 0 unspecified atom stereocenters. The molecule has 0 radical (unpaired) electrons. The average Bonchev–Trinajstić information content (AvgIpc) is 2.51. The van der Waals surface area contributed by atoms with Gasteiger partial charge >= 0.3 is 0 Å². The van der Waals surface area contributed by atoms with Gasteiger partial charge in [-0.05, 0) is 39.2 Å². The van der Waals surface area contributed by atoms with Crippen LogP contribution in [0.25, 0.3) is 0 Å². The molecule has 1 heterocycles. The van der Waals surface area contributed by atoms with Crippen molar-refractivity contribution in [2.75, 3.05) is 0 Å². The summed E-state index contributed by atoms with van der Waals surface area (Å²) >= 11 is 1.12. The minimum atomic E-state index is -1.01. The van der Waals surface area contributed by atoms with Crippen LogP contribution in [0.5, 0.6) is 0 Å². The van der Waals surface area contributed by atoms with Gasteiger partial charge in [0.25, 0.3) is 5.91 Å². The number of nitrogens with zero attached hydrogens (tertiary/aromatic N) is 2. The van der Waals surface area contributed by atoms with E-state index in [2.05, 4.69) is 14.9 Å². The molecule has 0 aliphatic heterocycles. The first kappa shape index (κ1) is 12.1. The van der Waals surface area contributed by atoms with Crippen LogP contribution in [-0.2, 0) is 0 Å². The molecule has 1 aromatic rings. The highest BCUT2D eigenvalue weighted by Gasteiger charge is 2.36. The van der Waals surface area contributed by atoms with Gasteiger partial charge in [-0.3, -0.25) is 4.79 Å². The monoisotopic (exact) mass is 229 g/mol. The summed E-state index contributed by atoms with van der Waals surface area (Å²) in [5, 5.41) is 17.8. The standard InChI is InChI=1S/C9H15N3O2S/c1-8(2,9(3,4)14)10-7(13)6-5-15-12-11-6/h5,14H,1-4H3,(H,10,13). The molecule has 0 aliphatic rings. The van der Waals surface area contributed by atoms with Crippen LogP contribution in [-0.4, -0.2) is 31.7 Å². The third kappa shape index (κ3) is 2.73. The van der Waals surface area contributed by atoms with Crippen molar-refractivity contribution in [2.24, 2.45) is 0 Å². The zero-order valence-corrected chi connectivity index (χ0v) is 10.1. The zero-order chi connectivity index (χ0) is 11.7. The molecule has 0 spiro atoms. The molecule has 84 valence electrons. The van der Waals surface area contributed by atoms with Crippen LogP contribution in [0.1, 0.15) is 38.2 Å². The Morgan fingerprint density at radius 1 is 1.47 bits per heavy atom. The number of aromatic nitrogens is 2. The number of amides is 1. The van der Waals surface area contributed by atoms with Crippen LogP contribution in [0.2, 0.25) is 0 Å². The van der Waals surface area contributed by atoms with Gasteiger partial charge in [-0.1, -0.05) is 4.49 Å². The van der Waals surface area contributed by atoms with Gasteiger partial charge < -0.3 is 10.4 Å². The van der Waals surface area contributed by atoms with Crippen LogP contribution >= 0.6 is 11.5 Å². The van der Waals surface area contributed by atoms with E-state index in [1.807, 2.05) is 0 Å². The van der Waals surface area contributed by atoms with Crippen LogP contribution in [0.15, 0.2) is 5.38 Å². The summed E-state index contributed by atoms with van der Waals surface area (Å²) in [7, 11) is 0. The van der Waals surface area contributed by atoms with Gasteiger partial charge in [-0.15, -0.1) is 5.10 Å². The minimum absolute atomic E-state index is 0.275. The average molecular weight is 229 g/mol. The van der Waals surface area contributed by atoms with Crippen LogP contribution in [0, 0.1) is 0 Å². The number of aliphatic hydroxyl groups is 1. The van der Waals surface area contributed by atoms with Gasteiger partial charge in [0.05, 0.1) is 11.1 Å². The van der Waals surface area contributed by atoms with Crippen molar-refractivity contribution in [3.63, 3.8) is 0 Å². The molecule has 0 bridgehead atoms. The van der Waals surface area contributed by atoms with E-state index in [1.165, 1.54) is 0 Å². The van der Waals surface area contributed by atoms with E-state index in [4.69, 9.17) is 0 Å². The fraction of sp³-hybridized carbons (Fsp3) is 0.667. The molecule has 0 saturated carbocycles. The van der Waals surface area contributed by atoms with Gasteiger partial charge in [0.2, 0.25) is 0 Å². The minimum Gasteiger partial charge on any atom is -0.388 e. The van der Waals surface area contributed by atoms with Gasteiger partial charge in [0.15, 0.2) is 5.69 Å². The summed E-state index contributed by atoms with van der Waals surface area (Å²) in [6.45, 7) is 6.80. The molecular formula is C9H15N3O2S. The number of hydrogen-bond acceptors (Lipinski definition) is 5. The predicted octanol–water partition coefficient (Wildman–Crippen LogP) is 0.817. The van der Waals surface area contributed by atoms with Crippen molar-refractivity contribution in [3.8, 4) is 0 Å². The van der Waals surface area contributed by atoms with E-state index < -0.39 is 11.1 Å². The summed E-state index contributed by atoms with van der Waals surface area (Å²) in [4.78, 5) is 11.7. The summed E-state index contributed by atoms with van der Waals surface area (Å²) in [5.74, 6) is -0.323. The Labute approximate surface area is 92.7 Å². The third-order valence-electron chi connectivity index (χ3n) is 2.55. The number of carbonyl (C=O) groups excluding carboxylic acids is 1. The lowest BCUT2D eigenvalue weighted by molar-refractivity contribution is -0.00302. The molecule has 0 aliphatic carbocycles. The van der Waals surface area contributed by atoms with E-state index in [-0.39, 0.29) is 11.6 Å². The largest absolute Gasteiger partial charge is 0.388 e. The molecule has 0 atom stereocenters. The molecule has 2 N–H and O–H groups in total. The molecule has 6 heteroatoms. The molecule has 0 saturated heterocycles. The van der Waals surface area contributed by atoms with Crippen molar-refractivity contribution < 1.29 is 9.90 Å². The van der Waals surface area contributed by atoms with Crippen molar-refractivity contribution >= 4 is 17.4 Å². The maximum atomic E-state index is 11.7. The fourth-order valence-electron chi connectivity index (χ4n) is 0.764. The molecule has 1 aromatic heterocycles. The van der Waals surface area contributed by atoms with E-state index >= 15 is 0 Å². The number of carbonyl (C=O) groups is 1. The quantitative estimate of drug-likeness (QED) is 0.804. The molecule has 0 fully saturated rings. The maximum absolute atomic E-state index is 11.7. The maximum Gasteiger partial charge on any atom is 0.273 e. The van der Waals surface area contributed by atoms with Crippen molar-refractivity contribution in [1.29, 1.82) is 0 Å². The first-order valence-corrected chi connectivity index (χ1v) is 5.39. The lowest BCUT2D eigenvalue weighted by Gasteiger charge is -2.37. The highest BCUT2D eigenvalue weighted by Crippen LogP contribution is 2.20. The predicted molar refractivity (Wildman–Crippen MR) is 57.8 cm³/mol. The molecule has 1 rings (SSSR count). The fourth-order valence-corrected chi connectivity index (χ4v) is 1.20. The highest BCUT2D eigenvalue weighted by molar-refractivity contribution is 7.03. The van der Waals surface area contributed by atoms with Crippen LogP contribution in [0.3, 0.4) is 0 Å². The Bertz CT molecular complexity index is 341. The van der Waals surface area contributed by atoms with Crippen molar-refractivity contribution in [3.05, 3.63) is 11.1 Å². The highest BCUT2D eigenvalue weighted by atomic mass is 32.1. The first-order valence-electron chi connectivity index (χ1n) is 4.56. The Kier molecular flexibility index (Phi) is 3.11. The van der Waals surface area contributed by atoms with E-state index in [0.29, 0.717) is 0 Å². The van der Waals surface area contributed by atoms with E-state index in [0.717, 1.165) is 11.5 Å². The number of hydrogen-bond donors (Lipinski definition) is 2. The Morgan fingerprint density at radius 3 is 2.47 bits per heavy atom. The summed E-state index contributed by atoms with van der Waals surface area (Å²) < 4.78 is 3.60. The molecule has 0 aromatic carbocycles. The number of nitrogens with one attached hydrogen (secondary N) is 1. The number of rotatable bonds is 3. The molecule has 1 amide bonds. The van der Waals surface area contributed by atoms with Crippen molar-refractivity contribution in [1.82, 2.24) is 14.9 Å². The van der Waals surface area contributed by atoms with Crippen LogP contribution < -0.4 is 5.32 Å². The van der Waals surface area contributed by atoms with E-state index in [9.17, 15) is 9.90 Å². The topological polar surface area (TPSA) is 75.1 Å². The lowest BCUT2D eigenvalue weighted by atomic mass is 9.86. The molecule has 5 nitrogen and oxygen atoms in total. The first-order chi connectivity index (χ1) is 6.74. The van der Waals surface area contributed by atoms with Crippen molar-refractivity contribution in [2.45, 2.75) is 38.8 Å².